The Balaban J connectivity index is 1.29. The van der Waals surface area contributed by atoms with Gasteiger partial charge in [0.1, 0.15) is 0 Å². The van der Waals surface area contributed by atoms with Crippen molar-refractivity contribution in [2.45, 2.75) is 18.9 Å². The van der Waals surface area contributed by atoms with Crippen LogP contribution in [0.25, 0.3) is 6.08 Å². The number of hydrogen-bond acceptors (Lipinski definition) is 3. The van der Waals surface area contributed by atoms with Crippen LogP contribution in [0.2, 0.25) is 5.02 Å². The molecule has 1 aliphatic heterocycles. The molecule has 2 heterocycles. The highest BCUT2D eigenvalue weighted by Gasteiger charge is 2.31. The van der Waals surface area contributed by atoms with Gasteiger partial charge in [-0.15, -0.1) is 0 Å². The van der Waals surface area contributed by atoms with Crippen molar-refractivity contribution < 1.29 is 0 Å². The van der Waals surface area contributed by atoms with Gasteiger partial charge in [-0.2, -0.15) is 0 Å². The lowest BCUT2D eigenvalue weighted by Crippen LogP contribution is -2.47. The minimum atomic E-state index is 0.312. The average Bonchev–Trinajstić information content (AvgIpc) is 2.97. The fourth-order valence-corrected chi connectivity index (χ4v) is 5.10. The number of aromatic nitrogens is 1. The summed E-state index contributed by atoms with van der Waals surface area (Å²) in [6, 6.07) is 21.7. The lowest BCUT2D eigenvalue weighted by atomic mass is 9.94. The monoisotopic (exact) mass is 429 g/mol. The molecule has 1 atom stereocenters. The van der Waals surface area contributed by atoms with Gasteiger partial charge in [-0.05, 0) is 53.3 Å². The summed E-state index contributed by atoms with van der Waals surface area (Å²) >= 11 is 6.09. The molecule has 2 aliphatic rings. The van der Waals surface area contributed by atoms with Crippen molar-refractivity contribution in [2.24, 2.45) is 0 Å². The lowest BCUT2D eigenvalue weighted by Gasteiger charge is -2.40. The van der Waals surface area contributed by atoms with Gasteiger partial charge in [0.2, 0.25) is 0 Å². The summed E-state index contributed by atoms with van der Waals surface area (Å²) in [7, 11) is 0. The lowest BCUT2D eigenvalue weighted by molar-refractivity contribution is 0.117. The van der Waals surface area contributed by atoms with Crippen LogP contribution >= 0.6 is 11.6 Å². The molecule has 0 amide bonds. The first-order valence-corrected chi connectivity index (χ1v) is 11.6. The SMILES string of the molecule is Clc1cccc(C=CCN2CCN(C3c4ccccc4CCc4ncccc43)CC2)c1. The van der Waals surface area contributed by atoms with E-state index < -0.39 is 0 Å². The summed E-state index contributed by atoms with van der Waals surface area (Å²) in [6.07, 6.45) is 8.46. The third kappa shape index (κ3) is 4.59. The molecule has 158 valence electrons. The molecule has 0 spiro atoms. The number of rotatable bonds is 4. The predicted octanol–water partition coefficient (Wildman–Crippen LogP) is 5.25. The number of pyridine rings is 1. The van der Waals surface area contributed by atoms with Crippen molar-refractivity contribution in [1.29, 1.82) is 0 Å². The van der Waals surface area contributed by atoms with E-state index in [1.807, 2.05) is 24.4 Å². The quantitative estimate of drug-likeness (QED) is 0.564. The highest BCUT2D eigenvalue weighted by molar-refractivity contribution is 6.30. The number of piperazine rings is 1. The van der Waals surface area contributed by atoms with Crippen LogP contribution in [-0.2, 0) is 12.8 Å². The van der Waals surface area contributed by atoms with Gasteiger partial charge in [-0.1, -0.05) is 66.2 Å². The molecule has 3 aromatic rings. The first-order chi connectivity index (χ1) is 15.3. The Labute approximate surface area is 190 Å². The zero-order valence-electron chi connectivity index (χ0n) is 17.8. The molecule has 1 aromatic heterocycles. The second-order valence-corrected chi connectivity index (χ2v) is 8.87. The second kappa shape index (κ2) is 9.35. The zero-order valence-corrected chi connectivity index (χ0v) is 18.5. The van der Waals surface area contributed by atoms with Crippen molar-refractivity contribution in [3.8, 4) is 0 Å². The summed E-state index contributed by atoms with van der Waals surface area (Å²) in [5, 5.41) is 0.786. The van der Waals surface area contributed by atoms with E-state index in [2.05, 4.69) is 64.4 Å². The fraction of sp³-hybridized carbons (Fsp3) is 0.296. The van der Waals surface area contributed by atoms with Crippen molar-refractivity contribution in [3.05, 3.63) is 106 Å². The number of halogens is 1. The largest absolute Gasteiger partial charge is 0.297 e. The normalized spacial score (nSPS) is 19.7. The van der Waals surface area contributed by atoms with E-state index in [4.69, 9.17) is 16.6 Å². The first kappa shape index (κ1) is 20.4. The van der Waals surface area contributed by atoms with Crippen molar-refractivity contribution in [1.82, 2.24) is 14.8 Å². The molecule has 0 bridgehead atoms. The van der Waals surface area contributed by atoms with E-state index in [-0.39, 0.29) is 0 Å². The summed E-state index contributed by atoms with van der Waals surface area (Å²) in [4.78, 5) is 9.93. The Bertz CT molecular complexity index is 1020. The average molecular weight is 430 g/mol. The molecule has 3 nitrogen and oxygen atoms in total. The number of fused-ring (bicyclic) bond motifs is 2. The molecular formula is C27H28ClN3. The first-order valence-electron chi connectivity index (χ1n) is 11.2. The summed E-state index contributed by atoms with van der Waals surface area (Å²) in [6.45, 7) is 5.26. The van der Waals surface area contributed by atoms with Crippen molar-refractivity contribution >= 4 is 17.7 Å². The molecular weight excluding hydrogens is 402 g/mol. The highest BCUT2D eigenvalue weighted by atomic mass is 35.5. The Morgan fingerprint density at radius 1 is 0.903 bits per heavy atom. The standard InChI is InChI=1S/C27H28ClN3/c28-23-9-3-6-21(20-23)7-5-15-30-16-18-31(19-17-30)27-24-10-2-1-8-22(24)12-13-26-25(27)11-4-14-29-26/h1-11,14,20,27H,12-13,15-19H2. The van der Waals surface area contributed by atoms with Gasteiger partial charge in [0.25, 0.3) is 0 Å². The number of aryl methyl sites for hydroxylation is 2. The van der Waals surface area contributed by atoms with E-state index in [9.17, 15) is 0 Å². The van der Waals surface area contributed by atoms with Crippen LogP contribution in [0.5, 0.6) is 0 Å². The van der Waals surface area contributed by atoms with Gasteiger partial charge in [0.05, 0.1) is 6.04 Å². The maximum atomic E-state index is 6.09. The van der Waals surface area contributed by atoms with Gasteiger partial charge >= 0.3 is 0 Å². The van der Waals surface area contributed by atoms with Crippen molar-refractivity contribution in [2.75, 3.05) is 32.7 Å². The molecule has 1 saturated heterocycles. The van der Waals surface area contributed by atoms with Gasteiger partial charge < -0.3 is 0 Å². The Hall–Kier alpha value is -2.46. The molecule has 2 aromatic carbocycles. The molecule has 0 saturated carbocycles. The van der Waals surface area contributed by atoms with Crippen LogP contribution < -0.4 is 0 Å². The Morgan fingerprint density at radius 2 is 1.74 bits per heavy atom. The molecule has 1 unspecified atom stereocenters. The van der Waals surface area contributed by atoms with E-state index in [1.54, 1.807) is 0 Å². The Morgan fingerprint density at radius 3 is 2.61 bits per heavy atom. The van der Waals surface area contributed by atoms with E-state index >= 15 is 0 Å². The maximum absolute atomic E-state index is 6.09. The maximum Gasteiger partial charge on any atom is 0.0623 e. The zero-order chi connectivity index (χ0) is 21.0. The van der Waals surface area contributed by atoms with Crippen LogP contribution in [-0.4, -0.2) is 47.5 Å². The molecule has 31 heavy (non-hydrogen) atoms. The van der Waals surface area contributed by atoms with Gasteiger partial charge in [-0.25, -0.2) is 0 Å². The van der Waals surface area contributed by atoms with Crippen molar-refractivity contribution in [3.63, 3.8) is 0 Å². The molecule has 1 aliphatic carbocycles. The third-order valence-corrected chi connectivity index (χ3v) is 6.73. The molecule has 0 radical (unpaired) electrons. The smallest absolute Gasteiger partial charge is 0.0623 e. The topological polar surface area (TPSA) is 19.4 Å². The van der Waals surface area contributed by atoms with Gasteiger partial charge in [-0.3, -0.25) is 14.8 Å². The van der Waals surface area contributed by atoms with Crippen LogP contribution in [0.1, 0.15) is 34.0 Å². The van der Waals surface area contributed by atoms with Crippen LogP contribution in [0.3, 0.4) is 0 Å². The minimum absolute atomic E-state index is 0.312. The number of hydrogen-bond donors (Lipinski definition) is 0. The Kier molecular flexibility index (Phi) is 6.17. The highest BCUT2D eigenvalue weighted by Crippen LogP contribution is 2.36. The molecule has 4 heteroatoms. The van der Waals surface area contributed by atoms with Crippen LogP contribution in [0.4, 0.5) is 0 Å². The van der Waals surface area contributed by atoms with Crippen LogP contribution in [0, 0.1) is 0 Å². The third-order valence-electron chi connectivity index (χ3n) is 6.50. The number of benzene rings is 2. The van der Waals surface area contributed by atoms with Gasteiger partial charge in [0, 0.05) is 49.6 Å². The van der Waals surface area contributed by atoms with Gasteiger partial charge in [0.15, 0.2) is 0 Å². The predicted molar refractivity (Wildman–Crippen MR) is 128 cm³/mol. The minimum Gasteiger partial charge on any atom is -0.297 e. The molecule has 5 rings (SSSR count). The summed E-state index contributed by atoms with van der Waals surface area (Å²) < 4.78 is 0. The second-order valence-electron chi connectivity index (χ2n) is 8.43. The molecule has 1 fully saturated rings. The fourth-order valence-electron chi connectivity index (χ4n) is 4.90. The summed E-state index contributed by atoms with van der Waals surface area (Å²) in [5.41, 5.74) is 6.74. The van der Waals surface area contributed by atoms with E-state index in [0.29, 0.717) is 6.04 Å². The van der Waals surface area contributed by atoms with E-state index in [1.165, 1.54) is 22.4 Å². The van der Waals surface area contributed by atoms with E-state index in [0.717, 1.165) is 56.2 Å². The number of nitrogens with zero attached hydrogens (tertiary/aromatic N) is 3. The summed E-state index contributed by atoms with van der Waals surface area (Å²) in [5.74, 6) is 0. The van der Waals surface area contributed by atoms with Crippen LogP contribution in [0.15, 0.2) is 72.9 Å². The molecule has 0 N–H and O–H groups in total.